The predicted octanol–water partition coefficient (Wildman–Crippen LogP) is 1.85. The number of nitrogens with one attached hydrogen (secondary N) is 1. The molecule has 0 radical (unpaired) electrons. The summed E-state index contributed by atoms with van der Waals surface area (Å²) in [6.45, 7) is 7.39. The summed E-state index contributed by atoms with van der Waals surface area (Å²) in [6, 6.07) is 9.55. The molecule has 1 aromatic rings. The van der Waals surface area contributed by atoms with Crippen molar-refractivity contribution >= 4 is 12.6 Å². The number of carbonyl (C=O) groups excluding carboxylic acids is 2. The van der Waals surface area contributed by atoms with E-state index in [0.717, 1.165) is 5.56 Å². The minimum Gasteiger partial charge on any atom is -0.463 e. The third-order valence-electron chi connectivity index (χ3n) is 2.97. The first-order valence-corrected chi connectivity index (χ1v) is 7.82. The Morgan fingerprint density at radius 3 is 2.54 bits per heavy atom. The average molecular weight is 338 g/mol. The van der Waals surface area contributed by atoms with Crippen molar-refractivity contribution in [1.29, 1.82) is 0 Å². The van der Waals surface area contributed by atoms with E-state index in [-0.39, 0.29) is 6.10 Å². The zero-order valence-corrected chi connectivity index (χ0v) is 14.4. The number of amides is 1. The second-order valence-electron chi connectivity index (χ2n) is 6.40. The summed E-state index contributed by atoms with van der Waals surface area (Å²) in [5.41, 5.74) is 3.10. The Hall–Kier alpha value is -2.12. The first-order valence-electron chi connectivity index (χ1n) is 7.82. The summed E-state index contributed by atoms with van der Waals surface area (Å²) < 4.78 is 9.60. The molecule has 134 valence electrons. The van der Waals surface area contributed by atoms with Gasteiger partial charge in [-0.25, -0.2) is 9.80 Å². The zero-order chi connectivity index (χ0) is 18.0. The summed E-state index contributed by atoms with van der Waals surface area (Å²) in [6.07, 6.45) is -0.118. The van der Waals surface area contributed by atoms with Gasteiger partial charge in [-0.3, -0.25) is 10.2 Å². The summed E-state index contributed by atoms with van der Waals surface area (Å²) in [5, 5.41) is 10.9. The molecule has 1 aliphatic heterocycles. The monoisotopic (exact) mass is 338 g/mol. The minimum absolute atomic E-state index is 0.343. The van der Waals surface area contributed by atoms with Crippen LogP contribution in [-0.2, 0) is 20.9 Å². The van der Waals surface area contributed by atoms with Gasteiger partial charge in [0.1, 0.15) is 12.2 Å². The topological polar surface area (TPSA) is 88.1 Å². The van der Waals surface area contributed by atoms with Crippen molar-refractivity contribution in [3.63, 3.8) is 0 Å². The lowest BCUT2D eigenvalue weighted by atomic mass is 10.2. The standard InChI is InChI=1S/C9H18N2O3.C8H8O2/c1-9(2,3)14-8(13)10-11-5-4-7(12)6-11;9-7-10-6-8-4-2-1-3-5-8/h7,12H,4-6H2,1-3H3,(H,10,13);1-5,7H,6H2. The molecule has 1 fully saturated rings. The van der Waals surface area contributed by atoms with Crippen LogP contribution in [0.2, 0.25) is 0 Å². The van der Waals surface area contributed by atoms with Crippen molar-refractivity contribution in [2.45, 2.75) is 45.5 Å². The molecule has 0 saturated carbocycles. The highest BCUT2D eigenvalue weighted by Crippen LogP contribution is 2.09. The maximum absolute atomic E-state index is 11.3. The summed E-state index contributed by atoms with van der Waals surface area (Å²) in [4.78, 5) is 21.0. The molecule has 0 bridgehead atoms. The third kappa shape index (κ3) is 9.12. The van der Waals surface area contributed by atoms with Crippen LogP contribution in [0.25, 0.3) is 0 Å². The van der Waals surface area contributed by atoms with Crippen LogP contribution in [0.5, 0.6) is 0 Å². The van der Waals surface area contributed by atoms with E-state index in [1.807, 2.05) is 51.1 Å². The molecular formula is C17H26N2O5. The van der Waals surface area contributed by atoms with E-state index in [2.05, 4.69) is 10.2 Å². The molecule has 1 unspecified atom stereocenters. The third-order valence-corrected chi connectivity index (χ3v) is 2.97. The molecule has 24 heavy (non-hydrogen) atoms. The van der Waals surface area contributed by atoms with Crippen LogP contribution in [0, 0.1) is 0 Å². The van der Waals surface area contributed by atoms with Crippen molar-refractivity contribution in [2.24, 2.45) is 0 Å². The van der Waals surface area contributed by atoms with E-state index >= 15 is 0 Å². The van der Waals surface area contributed by atoms with Gasteiger partial charge in [0.05, 0.1) is 6.10 Å². The number of ether oxygens (including phenoxy) is 2. The normalized spacial score (nSPS) is 17.4. The molecule has 2 rings (SSSR count). The Morgan fingerprint density at radius 1 is 1.38 bits per heavy atom. The largest absolute Gasteiger partial charge is 0.463 e. The Morgan fingerprint density at radius 2 is 2.04 bits per heavy atom. The average Bonchev–Trinajstić information content (AvgIpc) is 2.90. The van der Waals surface area contributed by atoms with Crippen LogP contribution in [-0.4, -0.2) is 47.5 Å². The lowest BCUT2D eigenvalue weighted by molar-refractivity contribution is -0.129. The summed E-state index contributed by atoms with van der Waals surface area (Å²) >= 11 is 0. The smallest absolute Gasteiger partial charge is 0.422 e. The highest BCUT2D eigenvalue weighted by molar-refractivity contribution is 5.67. The fraction of sp³-hybridized carbons (Fsp3) is 0.529. The van der Waals surface area contributed by atoms with Gasteiger partial charge in [-0.1, -0.05) is 30.3 Å². The van der Waals surface area contributed by atoms with Crippen molar-refractivity contribution in [1.82, 2.24) is 10.4 Å². The maximum atomic E-state index is 11.3. The van der Waals surface area contributed by atoms with Crippen molar-refractivity contribution in [3.8, 4) is 0 Å². The van der Waals surface area contributed by atoms with Gasteiger partial charge >= 0.3 is 6.09 Å². The molecule has 0 aromatic heterocycles. The van der Waals surface area contributed by atoms with Gasteiger partial charge in [-0.05, 0) is 32.8 Å². The predicted molar refractivity (Wildman–Crippen MR) is 88.9 cm³/mol. The number of β-amino-alcohol motifs (C(OH)–C–C–N with tert-alkyl or cyclic N) is 1. The Bertz CT molecular complexity index is 501. The number of benzene rings is 1. The molecule has 1 amide bonds. The summed E-state index contributed by atoms with van der Waals surface area (Å²) in [5.74, 6) is 0. The van der Waals surface area contributed by atoms with Crippen molar-refractivity contribution < 1.29 is 24.2 Å². The van der Waals surface area contributed by atoms with Crippen LogP contribution in [0.1, 0.15) is 32.8 Å². The van der Waals surface area contributed by atoms with Crippen molar-refractivity contribution in [3.05, 3.63) is 35.9 Å². The Kier molecular flexibility index (Phi) is 8.21. The number of aliphatic hydroxyl groups excluding tert-OH is 1. The first-order chi connectivity index (χ1) is 11.3. The molecule has 7 nitrogen and oxygen atoms in total. The molecule has 7 heteroatoms. The summed E-state index contributed by atoms with van der Waals surface area (Å²) in [7, 11) is 0. The SMILES string of the molecule is CC(C)(C)OC(=O)NN1CCC(O)C1.O=COCc1ccccc1. The fourth-order valence-corrected chi connectivity index (χ4v) is 1.98. The van der Waals surface area contributed by atoms with E-state index in [1.165, 1.54) is 0 Å². The molecule has 1 saturated heterocycles. The molecular weight excluding hydrogens is 312 g/mol. The molecule has 1 atom stereocenters. The highest BCUT2D eigenvalue weighted by atomic mass is 16.6. The van der Waals surface area contributed by atoms with E-state index < -0.39 is 11.7 Å². The van der Waals surface area contributed by atoms with Gasteiger partial charge in [-0.2, -0.15) is 0 Å². The number of rotatable bonds is 4. The number of hydrogen-bond acceptors (Lipinski definition) is 6. The van der Waals surface area contributed by atoms with Gasteiger partial charge in [0.2, 0.25) is 0 Å². The second kappa shape index (κ2) is 9.89. The number of hydrogen-bond donors (Lipinski definition) is 2. The first kappa shape index (κ1) is 19.9. The highest BCUT2D eigenvalue weighted by Gasteiger charge is 2.23. The van der Waals surface area contributed by atoms with Crippen LogP contribution in [0.4, 0.5) is 4.79 Å². The number of hydrazine groups is 1. The lowest BCUT2D eigenvalue weighted by Gasteiger charge is -2.22. The molecule has 2 N–H and O–H groups in total. The Balaban J connectivity index is 0.000000254. The molecule has 0 aliphatic carbocycles. The maximum Gasteiger partial charge on any atom is 0.422 e. The molecule has 1 aromatic carbocycles. The lowest BCUT2D eigenvalue weighted by Crippen LogP contribution is -2.43. The fourth-order valence-electron chi connectivity index (χ4n) is 1.98. The van der Waals surface area contributed by atoms with Gasteiger partial charge in [-0.15, -0.1) is 0 Å². The second-order valence-corrected chi connectivity index (χ2v) is 6.40. The van der Waals surface area contributed by atoms with E-state index in [0.29, 0.717) is 32.6 Å². The van der Waals surface area contributed by atoms with Gasteiger partial charge in [0.25, 0.3) is 6.47 Å². The van der Waals surface area contributed by atoms with Crippen LogP contribution < -0.4 is 5.43 Å². The molecule has 1 aliphatic rings. The number of aliphatic hydroxyl groups is 1. The minimum atomic E-state index is -0.484. The van der Waals surface area contributed by atoms with Gasteiger partial charge < -0.3 is 14.6 Å². The van der Waals surface area contributed by atoms with Crippen LogP contribution in [0.15, 0.2) is 30.3 Å². The van der Waals surface area contributed by atoms with E-state index in [1.54, 1.807) is 5.01 Å². The number of nitrogens with zero attached hydrogens (tertiary/aromatic N) is 1. The van der Waals surface area contributed by atoms with E-state index in [4.69, 9.17) is 4.74 Å². The molecule has 0 spiro atoms. The van der Waals surface area contributed by atoms with Gasteiger partial charge in [0.15, 0.2) is 0 Å². The van der Waals surface area contributed by atoms with Crippen LogP contribution >= 0.6 is 0 Å². The van der Waals surface area contributed by atoms with Gasteiger partial charge in [0, 0.05) is 13.1 Å². The quantitative estimate of drug-likeness (QED) is 0.815. The van der Waals surface area contributed by atoms with Crippen LogP contribution in [0.3, 0.4) is 0 Å². The van der Waals surface area contributed by atoms with Crippen molar-refractivity contribution in [2.75, 3.05) is 13.1 Å². The Labute approximate surface area is 142 Å². The van der Waals surface area contributed by atoms with E-state index in [9.17, 15) is 14.7 Å². The zero-order valence-electron chi connectivity index (χ0n) is 14.4. The number of carbonyl (C=O) groups is 2. The molecule has 1 heterocycles.